The Bertz CT molecular complexity index is 528. The molecule has 0 fully saturated rings. The van der Waals surface area contributed by atoms with Gasteiger partial charge in [0.25, 0.3) is 0 Å². The summed E-state index contributed by atoms with van der Waals surface area (Å²) in [6.45, 7) is 2.06. The molecule has 22 heavy (non-hydrogen) atoms. The molecule has 0 aliphatic heterocycles. The Hall–Kier alpha value is -2.17. The zero-order valence-corrected chi connectivity index (χ0v) is 12.8. The number of aromatic nitrogens is 1. The first kappa shape index (κ1) is 16.2. The standard InChI is InChI=1S/C17H22N2O3/c1-2-22-17(21)15(12-13-8-10-18-11-9-13)19-16(20)14-6-4-3-5-7-14/h3-4,8-11,14-15H,2,5-7,12H2,1H3,(H,19,20). The fourth-order valence-corrected chi connectivity index (χ4v) is 2.51. The molecule has 1 amide bonds. The summed E-state index contributed by atoms with van der Waals surface area (Å²) in [4.78, 5) is 28.4. The first-order chi connectivity index (χ1) is 10.7. The molecule has 1 aliphatic rings. The first-order valence-corrected chi connectivity index (χ1v) is 7.71. The van der Waals surface area contributed by atoms with Crippen molar-refractivity contribution in [1.82, 2.24) is 10.3 Å². The van der Waals surface area contributed by atoms with Crippen LogP contribution in [0.3, 0.4) is 0 Å². The maximum atomic E-state index is 12.3. The van der Waals surface area contributed by atoms with Crippen LogP contribution in [0.4, 0.5) is 0 Å². The van der Waals surface area contributed by atoms with Gasteiger partial charge in [-0.3, -0.25) is 9.78 Å². The normalized spacial score (nSPS) is 18.5. The van der Waals surface area contributed by atoms with Crippen molar-refractivity contribution in [2.75, 3.05) is 6.61 Å². The number of carbonyl (C=O) groups excluding carboxylic acids is 2. The third-order valence-corrected chi connectivity index (χ3v) is 3.72. The summed E-state index contributed by atoms with van der Waals surface area (Å²) in [5, 5.41) is 2.85. The largest absolute Gasteiger partial charge is 0.464 e. The fraction of sp³-hybridized carbons (Fsp3) is 0.471. The summed E-state index contributed by atoms with van der Waals surface area (Å²) in [6, 6.07) is 3.02. The van der Waals surface area contributed by atoms with Crippen molar-refractivity contribution < 1.29 is 14.3 Å². The molecule has 1 aromatic heterocycles. The van der Waals surface area contributed by atoms with Gasteiger partial charge in [0.05, 0.1) is 6.61 Å². The van der Waals surface area contributed by atoms with Gasteiger partial charge in [-0.25, -0.2) is 4.79 Å². The average molecular weight is 302 g/mol. The minimum atomic E-state index is -0.652. The number of carbonyl (C=O) groups is 2. The molecule has 1 N–H and O–H groups in total. The van der Waals surface area contributed by atoms with Crippen molar-refractivity contribution >= 4 is 11.9 Å². The van der Waals surface area contributed by atoms with Crippen molar-refractivity contribution in [3.8, 4) is 0 Å². The van der Waals surface area contributed by atoms with Crippen LogP contribution in [0.5, 0.6) is 0 Å². The zero-order valence-electron chi connectivity index (χ0n) is 12.8. The Balaban J connectivity index is 2.02. The van der Waals surface area contributed by atoms with Gasteiger partial charge < -0.3 is 10.1 Å². The van der Waals surface area contributed by atoms with Crippen LogP contribution in [0.25, 0.3) is 0 Å². The molecule has 1 aromatic rings. The van der Waals surface area contributed by atoms with Crippen LogP contribution in [0.2, 0.25) is 0 Å². The predicted molar refractivity (Wildman–Crippen MR) is 83.0 cm³/mol. The molecule has 2 rings (SSSR count). The van der Waals surface area contributed by atoms with Gasteiger partial charge in [-0.05, 0) is 43.9 Å². The van der Waals surface area contributed by atoms with Crippen molar-refractivity contribution in [2.45, 2.75) is 38.6 Å². The Kier molecular flexibility index (Phi) is 6.13. The van der Waals surface area contributed by atoms with Crippen molar-refractivity contribution in [3.63, 3.8) is 0 Å². The van der Waals surface area contributed by atoms with Crippen molar-refractivity contribution in [3.05, 3.63) is 42.2 Å². The molecule has 5 heteroatoms. The van der Waals surface area contributed by atoms with E-state index in [2.05, 4.69) is 16.4 Å². The van der Waals surface area contributed by atoms with E-state index in [4.69, 9.17) is 4.74 Å². The van der Waals surface area contributed by atoms with Gasteiger partial charge in [-0.2, -0.15) is 0 Å². The number of amides is 1. The van der Waals surface area contributed by atoms with Crippen LogP contribution in [-0.2, 0) is 20.7 Å². The van der Waals surface area contributed by atoms with Gasteiger partial charge in [-0.15, -0.1) is 0 Å². The van der Waals surface area contributed by atoms with Crippen LogP contribution < -0.4 is 5.32 Å². The van der Waals surface area contributed by atoms with E-state index < -0.39 is 6.04 Å². The van der Waals surface area contributed by atoms with Gasteiger partial charge in [-0.1, -0.05) is 12.2 Å². The summed E-state index contributed by atoms with van der Waals surface area (Å²) < 4.78 is 5.08. The lowest BCUT2D eigenvalue weighted by molar-refractivity contribution is -0.147. The number of hydrogen-bond donors (Lipinski definition) is 1. The quantitative estimate of drug-likeness (QED) is 0.645. The molecule has 118 valence electrons. The van der Waals surface area contributed by atoms with Crippen LogP contribution in [-0.4, -0.2) is 29.5 Å². The van der Waals surface area contributed by atoms with Crippen molar-refractivity contribution in [2.24, 2.45) is 5.92 Å². The van der Waals surface area contributed by atoms with E-state index >= 15 is 0 Å². The summed E-state index contributed by atoms with van der Waals surface area (Å²) in [7, 11) is 0. The second kappa shape index (κ2) is 8.32. The maximum absolute atomic E-state index is 12.3. The molecule has 5 nitrogen and oxygen atoms in total. The second-order valence-electron chi connectivity index (χ2n) is 5.35. The summed E-state index contributed by atoms with van der Waals surface area (Å²) in [6.07, 6.45) is 10.3. The van der Waals surface area contributed by atoms with E-state index in [1.807, 2.05) is 18.2 Å². The summed E-state index contributed by atoms with van der Waals surface area (Å²) in [5.41, 5.74) is 0.942. The highest BCUT2D eigenvalue weighted by molar-refractivity contribution is 5.86. The van der Waals surface area contributed by atoms with E-state index in [1.54, 1.807) is 19.3 Å². The molecule has 0 saturated carbocycles. The van der Waals surface area contributed by atoms with E-state index in [9.17, 15) is 9.59 Å². The van der Waals surface area contributed by atoms with Crippen LogP contribution in [0.15, 0.2) is 36.7 Å². The molecule has 2 unspecified atom stereocenters. The molecular weight excluding hydrogens is 280 g/mol. The third kappa shape index (κ3) is 4.69. The highest BCUT2D eigenvalue weighted by atomic mass is 16.5. The highest BCUT2D eigenvalue weighted by Gasteiger charge is 2.26. The van der Waals surface area contributed by atoms with Gasteiger partial charge >= 0.3 is 5.97 Å². The third-order valence-electron chi connectivity index (χ3n) is 3.72. The van der Waals surface area contributed by atoms with Crippen molar-refractivity contribution in [1.29, 1.82) is 0 Å². The lowest BCUT2D eigenvalue weighted by Crippen LogP contribution is -2.46. The molecule has 0 saturated heterocycles. The Morgan fingerprint density at radius 3 is 2.77 bits per heavy atom. The van der Waals surface area contributed by atoms with Gasteiger partial charge in [0.1, 0.15) is 6.04 Å². The average Bonchev–Trinajstić information content (AvgIpc) is 2.56. The smallest absolute Gasteiger partial charge is 0.328 e. The van der Waals surface area contributed by atoms with Gasteiger partial charge in [0.2, 0.25) is 5.91 Å². The Morgan fingerprint density at radius 2 is 2.14 bits per heavy atom. The van der Waals surface area contributed by atoms with Gasteiger partial charge in [0.15, 0.2) is 0 Å². The number of pyridine rings is 1. The number of allylic oxidation sites excluding steroid dienone is 2. The Morgan fingerprint density at radius 1 is 1.36 bits per heavy atom. The lowest BCUT2D eigenvalue weighted by atomic mass is 9.93. The molecule has 0 aromatic carbocycles. The molecule has 1 heterocycles. The molecule has 2 atom stereocenters. The minimum absolute atomic E-state index is 0.0561. The van der Waals surface area contributed by atoms with E-state index in [1.165, 1.54) is 0 Å². The maximum Gasteiger partial charge on any atom is 0.328 e. The number of ether oxygens (including phenoxy) is 1. The number of nitrogens with one attached hydrogen (secondary N) is 1. The lowest BCUT2D eigenvalue weighted by Gasteiger charge is -2.22. The topological polar surface area (TPSA) is 68.3 Å². The highest BCUT2D eigenvalue weighted by Crippen LogP contribution is 2.18. The summed E-state index contributed by atoms with van der Waals surface area (Å²) >= 11 is 0. The number of nitrogens with zero attached hydrogens (tertiary/aromatic N) is 1. The molecular formula is C17H22N2O3. The SMILES string of the molecule is CCOC(=O)C(Cc1ccncc1)NC(=O)C1CC=CCC1. The van der Waals surface area contributed by atoms with Crippen LogP contribution in [0.1, 0.15) is 31.7 Å². The van der Waals surface area contributed by atoms with Crippen LogP contribution in [0, 0.1) is 5.92 Å². The van der Waals surface area contributed by atoms with E-state index in [0.717, 1.165) is 24.8 Å². The Labute approximate surface area is 130 Å². The summed E-state index contributed by atoms with van der Waals surface area (Å²) in [5.74, 6) is -0.519. The predicted octanol–water partition coefficient (Wildman–Crippen LogP) is 2.03. The first-order valence-electron chi connectivity index (χ1n) is 7.71. The molecule has 0 bridgehead atoms. The molecule has 0 radical (unpaired) electrons. The van der Waals surface area contributed by atoms with Crippen LogP contribution >= 0.6 is 0 Å². The monoisotopic (exact) mass is 302 g/mol. The number of rotatable bonds is 6. The van der Waals surface area contributed by atoms with E-state index in [-0.39, 0.29) is 17.8 Å². The second-order valence-corrected chi connectivity index (χ2v) is 5.35. The fourth-order valence-electron chi connectivity index (χ4n) is 2.51. The number of esters is 1. The minimum Gasteiger partial charge on any atom is -0.464 e. The van der Waals surface area contributed by atoms with E-state index in [0.29, 0.717) is 13.0 Å². The van der Waals surface area contributed by atoms with Gasteiger partial charge in [0, 0.05) is 24.7 Å². The number of hydrogen-bond acceptors (Lipinski definition) is 4. The molecule has 1 aliphatic carbocycles. The zero-order chi connectivity index (χ0) is 15.8. The molecule has 0 spiro atoms.